The maximum Gasteiger partial charge on any atom is 0.224 e. The minimum Gasteiger partial charge on any atom is -0.506 e. The van der Waals surface area contributed by atoms with Gasteiger partial charge in [-0.3, -0.25) is 14.6 Å². The van der Waals surface area contributed by atoms with Crippen LogP contribution in [0.2, 0.25) is 0 Å². The molecule has 0 aromatic heterocycles. The van der Waals surface area contributed by atoms with E-state index in [1.165, 1.54) is 29.7 Å². The Morgan fingerprint density at radius 1 is 0.872 bits per heavy atom. The smallest absolute Gasteiger partial charge is 0.224 e. The summed E-state index contributed by atoms with van der Waals surface area (Å²) in [7, 11) is 0. The van der Waals surface area contributed by atoms with Crippen molar-refractivity contribution in [3.63, 3.8) is 0 Å². The number of fused-ring (bicyclic) bond motifs is 6. The largest absolute Gasteiger partial charge is 0.506 e. The molecule has 11 atom stereocenters. The number of allylic oxidation sites excluding steroid dienone is 2. The lowest BCUT2D eigenvalue weighted by atomic mass is 9.53. The molecule has 244 valence electrons. The first-order valence-electron chi connectivity index (χ1n) is 18.3. The lowest BCUT2D eigenvalue weighted by molar-refractivity contribution is -0.129. The number of piperidine rings is 2. The fourth-order valence-electron chi connectivity index (χ4n) is 14.0. The molecule has 5 saturated heterocycles. The van der Waals surface area contributed by atoms with E-state index in [0.29, 0.717) is 35.9 Å². The average molecular weight is 631 g/mol. The van der Waals surface area contributed by atoms with Crippen molar-refractivity contribution in [1.82, 2.24) is 9.80 Å². The highest BCUT2D eigenvalue weighted by Gasteiger charge is 2.74. The summed E-state index contributed by atoms with van der Waals surface area (Å²) in [5.41, 5.74) is 7.87. The van der Waals surface area contributed by atoms with Gasteiger partial charge in [0.15, 0.2) is 0 Å². The Labute approximate surface area is 277 Å². The van der Waals surface area contributed by atoms with Gasteiger partial charge in [-0.05, 0) is 87.7 Å². The van der Waals surface area contributed by atoms with Crippen molar-refractivity contribution in [2.75, 3.05) is 42.6 Å². The maximum absolute atomic E-state index is 14.0. The zero-order valence-corrected chi connectivity index (χ0v) is 27.8. The normalized spacial score (nSPS) is 45.3. The number of rotatable bonds is 1. The molecule has 2 aromatic rings. The van der Waals surface area contributed by atoms with Gasteiger partial charge in [0.2, 0.25) is 5.91 Å². The van der Waals surface area contributed by atoms with Gasteiger partial charge in [-0.15, -0.1) is 0 Å². The minimum absolute atomic E-state index is 0.0309. The van der Waals surface area contributed by atoms with Crippen molar-refractivity contribution in [3.8, 4) is 5.75 Å². The van der Waals surface area contributed by atoms with Crippen molar-refractivity contribution in [1.29, 1.82) is 0 Å². The Morgan fingerprint density at radius 2 is 1.53 bits per heavy atom. The number of hydrogen-bond donors (Lipinski definition) is 1. The first-order chi connectivity index (χ1) is 22.9. The van der Waals surface area contributed by atoms with E-state index in [4.69, 9.17) is 4.74 Å². The number of ether oxygens (including phenoxy) is 1. The molecule has 9 aliphatic rings. The second kappa shape index (κ2) is 9.10. The molecule has 7 heteroatoms. The van der Waals surface area contributed by atoms with Crippen LogP contribution in [0, 0.1) is 23.7 Å². The SMILES string of the molecule is CC=C1CN2CCC34c5ccccc5N5C(C6C7CC8N(CCC89c8cccc(O)c8N(C(C)=O)C69)CC7=CC)OCC(C1CC23)C54. The predicted molar refractivity (Wildman–Crippen MR) is 182 cm³/mol. The zero-order chi connectivity index (χ0) is 31.6. The average Bonchev–Trinajstić information content (AvgIpc) is 3.84. The number of anilines is 2. The number of carbonyl (C=O) groups excluding carboxylic acids is 1. The number of benzene rings is 2. The predicted octanol–water partition coefficient (Wildman–Crippen LogP) is 5.19. The van der Waals surface area contributed by atoms with Crippen molar-refractivity contribution >= 4 is 17.3 Å². The van der Waals surface area contributed by atoms with E-state index in [0.717, 1.165) is 51.3 Å². The van der Waals surface area contributed by atoms with E-state index in [1.54, 1.807) is 24.1 Å². The summed E-state index contributed by atoms with van der Waals surface area (Å²) in [6, 6.07) is 16.6. The van der Waals surface area contributed by atoms with Gasteiger partial charge in [0.1, 0.15) is 12.0 Å². The van der Waals surface area contributed by atoms with E-state index in [9.17, 15) is 9.90 Å². The molecule has 2 aliphatic carbocycles. The molecule has 47 heavy (non-hydrogen) atoms. The van der Waals surface area contributed by atoms with Gasteiger partial charge in [-0.1, -0.05) is 53.6 Å². The number of phenolic OH excluding ortho intramolecular Hbond substituents is 1. The Kier molecular flexibility index (Phi) is 5.38. The van der Waals surface area contributed by atoms with Crippen molar-refractivity contribution in [2.24, 2.45) is 23.7 Å². The summed E-state index contributed by atoms with van der Waals surface area (Å²) in [5, 5.41) is 11.5. The van der Waals surface area contributed by atoms with Crippen LogP contribution >= 0.6 is 0 Å². The molecule has 1 N–H and O–H groups in total. The summed E-state index contributed by atoms with van der Waals surface area (Å²) >= 11 is 0. The van der Waals surface area contributed by atoms with Gasteiger partial charge in [0.05, 0.1) is 18.3 Å². The highest BCUT2D eigenvalue weighted by atomic mass is 16.5. The van der Waals surface area contributed by atoms with Crippen LogP contribution in [0.15, 0.2) is 65.8 Å². The molecule has 0 radical (unpaired) electrons. The third-order valence-corrected chi connectivity index (χ3v) is 15.3. The van der Waals surface area contributed by atoms with Crippen LogP contribution in [0.4, 0.5) is 11.4 Å². The van der Waals surface area contributed by atoms with Crippen LogP contribution < -0.4 is 9.80 Å². The Balaban J connectivity index is 1.14. The van der Waals surface area contributed by atoms with Crippen LogP contribution in [0.1, 0.15) is 57.6 Å². The van der Waals surface area contributed by atoms with Crippen LogP contribution in [0.25, 0.3) is 0 Å². The van der Waals surface area contributed by atoms with Gasteiger partial charge in [-0.2, -0.15) is 0 Å². The molecule has 2 saturated carbocycles. The third-order valence-electron chi connectivity index (χ3n) is 15.3. The number of para-hydroxylation sites is 2. The Hall–Kier alpha value is -3.13. The molecule has 1 amide bonds. The summed E-state index contributed by atoms with van der Waals surface area (Å²) in [6.07, 6.45) is 9.17. The molecule has 2 spiro atoms. The first kappa shape index (κ1) is 27.8. The molecule has 7 fully saturated rings. The molecular weight excluding hydrogens is 584 g/mol. The Bertz CT molecular complexity index is 1800. The standard InChI is InChI=1S/C40H46N4O3/c1-4-23-19-41-15-13-39-28-9-6-7-11-30(28)44-36(39)27(25(23)17-32(39)41)21-47-38(44)34-26-18-33-40(14-16-42(33)20-24(26)5-2)29-10-8-12-31(46)35(29)43(22(3)45)37(34)40/h4-12,25-27,32-34,36-38,46H,13-21H2,1-3H3. The highest BCUT2D eigenvalue weighted by molar-refractivity contribution is 5.98. The zero-order valence-electron chi connectivity index (χ0n) is 27.8. The number of amides is 1. The summed E-state index contributed by atoms with van der Waals surface area (Å²) in [5.74, 6) is 1.68. The fourth-order valence-corrected chi connectivity index (χ4v) is 14.0. The minimum atomic E-state index is -0.220. The van der Waals surface area contributed by atoms with Crippen LogP contribution in [-0.2, 0) is 20.4 Å². The van der Waals surface area contributed by atoms with Crippen LogP contribution in [0.3, 0.4) is 0 Å². The number of phenols is 1. The second-order valence-corrected chi connectivity index (χ2v) is 16.3. The van der Waals surface area contributed by atoms with Crippen LogP contribution in [0.5, 0.6) is 5.75 Å². The number of aromatic hydroxyl groups is 1. The van der Waals surface area contributed by atoms with E-state index in [2.05, 4.69) is 75.9 Å². The molecule has 7 heterocycles. The van der Waals surface area contributed by atoms with E-state index in [-0.39, 0.29) is 40.7 Å². The number of hydrogen-bond acceptors (Lipinski definition) is 6. The molecular formula is C40H46N4O3. The first-order valence-corrected chi connectivity index (χ1v) is 18.3. The molecule has 7 aliphatic heterocycles. The lowest BCUT2D eigenvalue weighted by Gasteiger charge is -2.63. The number of nitrogens with zero attached hydrogens (tertiary/aromatic N) is 4. The molecule has 2 aromatic carbocycles. The molecule has 4 bridgehead atoms. The fraction of sp³-hybridized carbons (Fsp3) is 0.575. The van der Waals surface area contributed by atoms with Crippen molar-refractivity contribution in [3.05, 3.63) is 76.9 Å². The molecule has 7 nitrogen and oxygen atoms in total. The van der Waals surface area contributed by atoms with Crippen molar-refractivity contribution in [2.45, 2.75) is 87.7 Å². The van der Waals surface area contributed by atoms with Gasteiger partial charge < -0.3 is 19.6 Å². The van der Waals surface area contributed by atoms with E-state index < -0.39 is 0 Å². The summed E-state index contributed by atoms with van der Waals surface area (Å²) in [6.45, 7) is 11.2. The van der Waals surface area contributed by atoms with Gasteiger partial charge in [0, 0.05) is 66.5 Å². The lowest BCUT2D eigenvalue weighted by Crippen LogP contribution is -2.73. The van der Waals surface area contributed by atoms with E-state index >= 15 is 0 Å². The van der Waals surface area contributed by atoms with Crippen LogP contribution in [-0.4, -0.2) is 84.0 Å². The van der Waals surface area contributed by atoms with Gasteiger partial charge >= 0.3 is 0 Å². The van der Waals surface area contributed by atoms with Gasteiger partial charge in [-0.25, -0.2) is 0 Å². The van der Waals surface area contributed by atoms with E-state index in [1.807, 2.05) is 6.07 Å². The number of carbonyl (C=O) groups is 1. The van der Waals surface area contributed by atoms with Crippen molar-refractivity contribution < 1.29 is 14.6 Å². The molecule has 11 unspecified atom stereocenters. The summed E-state index contributed by atoms with van der Waals surface area (Å²) in [4.78, 5) is 24.4. The third kappa shape index (κ3) is 2.99. The highest BCUT2D eigenvalue weighted by Crippen LogP contribution is 2.69. The van der Waals surface area contributed by atoms with Gasteiger partial charge in [0.25, 0.3) is 0 Å². The molecule has 11 rings (SSSR count). The Morgan fingerprint density at radius 3 is 2.26 bits per heavy atom. The quantitative estimate of drug-likeness (QED) is 0.438. The monoisotopic (exact) mass is 630 g/mol. The topological polar surface area (TPSA) is 59.5 Å². The summed E-state index contributed by atoms with van der Waals surface area (Å²) < 4.78 is 7.46. The second-order valence-electron chi connectivity index (χ2n) is 16.3. The maximum atomic E-state index is 14.0.